The first kappa shape index (κ1) is 50.3. The van der Waals surface area contributed by atoms with Gasteiger partial charge in [-0.15, -0.1) is 0 Å². The minimum Gasteiger partial charge on any atom is -0.427 e. The minimum absolute atomic E-state index is 0. The summed E-state index contributed by atoms with van der Waals surface area (Å²) in [6, 6.07) is 12.4. The molecule has 0 saturated carbocycles. The van der Waals surface area contributed by atoms with E-state index in [2.05, 4.69) is 11.9 Å². The molecule has 4 atom stereocenters. The van der Waals surface area contributed by atoms with Gasteiger partial charge >= 0.3 is 33.3 Å². The molecular formula is C41H59N3O14P2. The Bertz CT molecular complexity index is 2040. The van der Waals surface area contributed by atoms with Crippen molar-refractivity contribution in [2.75, 3.05) is 6.61 Å². The molecular weight excluding hydrogens is 820 g/mol. The summed E-state index contributed by atoms with van der Waals surface area (Å²) in [5.41, 5.74) is -0.103. The second-order valence-corrected chi connectivity index (χ2v) is 17.4. The van der Waals surface area contributed by atoms with Gasteiger partial charge in [0.05, 0.1) is 19.8 Å². The van der Waals surface area contributed by atoms with Crippen LogP contribution in [0.15, 0.2) is 76.5 Å². The second-order valence-electron chi connectivity index (χ2n) is 14.2. The number of aryl methyl sites for hydroxylation is 1. The first-order valence-corrected chi connectivity index (χ1v) is 23.1. The normalized spacial score (nSPS) is 16.7. The van der Waals surface area contributed by atoms with Crippen LogP contribution in [0.2, 0.25) is 0 Å². The smallest absolute Gasteiger partial charge is 0.427 e. The lowest BCUT2D eigenvalue weighted by molar-refractivity contribution is -0.135. The first-order valence-electron chi connectivity index (χ1n) is 20.1. The molecule has 332 valence electrons. The number of esters is 2. The summed E-state index contributed by atoms with van der Waals surface area (Å²) in [5.74, 6) is -0.124. The Morgan fingerprint density at radius 2 is 1.23 bits per heavy atom. The molecule has 2 unspecified atom stereocenters. The monoisotopic (exact) mass is 879 g/mol. The lowest BCUT2D eigenvalue weighted by atomic mass is 10.1. The lowest BCUT2D eigenvalue weighted by Crippen LogP contribution is -2.33. The van der Waals surface area contributed by atoms with Gasteiger partial charge in [0.15, 0.2) is 6.23 Å². The number of phosphoric ester groups is 2. The number of rotatable bonds is 27. The number of hydrogen-bond donors (Lipinski definition) is 3. The fraction of sp³-hybridized carbons (Fsp3) is 0.512. The summed E-state index contributed by atoms with van der Waals surface area (Å²) in [5, 5.41) is 0. The highest BCUT2D eigenvalue weighted by atomic mass is 31.3. The number of aromatic nitrogens is 2. The molecule has 3 aromatic rings. The highest BCUT2D eigenvalue weighted by Crippen LogP contribution is 2.64. The van der Waals surface area contributed by atoms with Crippen molar-refractivity contribution in [1.82, 2.24) is 15.7 Å². The number of H-pyrrole nitrogens is 1. The van der Waals surface area contributed by atoms with Gasteiger partial charge in [-0.25, -0.2) is 13.9 Å². The Morgan fingerprint density at radius 3 is 1.77 bits per heavy atom. The van der Waals surface area contributed by atoms with Crippen molar-refractivity contribution in [3.8, 4) is 11.5 Å². The molecule has 2 heterocycles. The molecule has 1 aliphatic rings. The van der Waals surface area contributed by atoms with Crippen LogP contribution < -0.4 is 26.9 Å². The van der Waals surface area contributed by atoms with Gasteiger partial charge < -0.3 is 25.3 Å². The average molecular weight is 880 g/mol. The minimum atomic E-state index is -5.16. The van der Waals surface area contributed by atoms with Crippen molar-refractivity contribution in [2.24, 2.45) is 0 Å². The summed E-state index contributed by atoms with van der Waals surface area (Å²) < 4.78 is 65.9. The number of nitrogens with zero attached hydrogens (tertiary/aromatic N) is 1. The Labute approximate surface area is 350 Å². The molecule has 0 fully saturated rings. The van der Waals surface area contributed by atoms with E-state index in [1.807, 2.05) is 6.92 Å². The molecule has 5 N–H and O–H groups in total. The average Bonchev–Trinajstić information content (AvgIpc) is 3.68. The van der Waals surface area contributed by atoms with Crippen molar-refractivity contribution >= 4 is 27.6 Å². The quantitative estimate of drug-likeness (QED) is 0.0213. The van der Waals surface area contributed by atoms with Gasteiger partial charge in [0, 0.05) is 24.6 Å². The molecule has 4 rings (SSSR count). The number of aromatic amines is 1. The number of ether oxygens (including phenoxy) is 3. The SMILES string of the molecule is CCCCCCCCCCCC(=O)Oc1ccc(COP(=O)(OCc2ccc(OC(=O)CCCC)cc2)OP(=O)(O)OC[C@@H]2C=C[C@H](n3cc(C)c(=O)[nH]c3=O)O2)cc1.N. The Morgan fingerprint density at radius 1 is 0.733 bits per heavy atom. The third kappa shape index (κ3) is 17.9. The zero-order valence-electron chi connectivity index (χ0n) is 34.6. The molecule has 0 spiro atoms. The topological polar surface area (TPSA) is 243 Å². The summed E-state index contributed by atoms with van der Waals surface area (Å²) in [6.07, 6.45) is 14.7. The maximum atomic E-state index is 13.9. The van der Waals surface area contributed by atoms with E-state index >= 15 is 0 Å². The lowest BCUT2D eigenvalue weighted by Gasteiger charge is -2.22. The second kappa shape index (κ2) is 25.7. The van der Waals surface area contributed by atoms with Crippen LogP contribution in [0.5, 0.6) is 11.5 Å². The van der Waals surface area contributed by atoms with Crippen LogP contribution in [0.4, 0.5) is 0 Å². The maximum Gasteiger partial charge on any atom is 0.484 e. The number of hydrogen-bond acceptors (Lipinski definition) is 14. The number of carbonyl (C=O) groups is 2. The summed E-state index contributed by atoms with van der Waals surface area (Å²) in [7, 11) is -10.0. The Balaban J connectivity index is 0.00000961. The standard InChI is InChI=1S/C41H56N2O14P2.H3N/c1-4-6-8-9-10-11-12-13-14-16-39(45)56-35-23-19-33(20-24-35)29-53-59(50,52-28-32-17-21-34(22-18-32)55-38(44)15-7-5-2)57-58(48,49)51-30-36-25-26-37(54-36)43-27-31(3)40(46)42-41(43)47;/h17-27,36-37H,4-16,28-30H2,1-3H3,(H,48,49)(H,42,46,47);1H3/t36-,37+,59?;/m0./s1. The van der Waals surface area contributed by atoms with Crippen molar-refractivity contribution in [3.05, 3.63) is 104 Å². The highest BCUT2D eigenvalue weighted by Gasteiger charge is 2.39. The van der Waals surface area contributed by atoms with Gasteiger partial charge in [-0.05, 0) is 61.2 Å². The zero-order valence-corrected chi connectivity index (χ0v) is 36.4. The molecule has 0 saturated heterocycles. The van der Waals surface area contributed by atoms with E-state index in [1.165, 1.54) is 69.5 Å². The summed E-state index contributed by atoms with van der Waals surface area (Å²) in [6.45, 7) is 4.31. The largest absolute Gasteiger partial charge is 0.484 e. The molecule has 0 amide bonds. The van der Waals surface area contributed by atoms with Gasteiger partial charge in [0.2, 0.25) is 0 Å². The van der Waals surface area contributed by atoms with Crippen molar-refractivity contribution in [2.45, 2.75) is 130 Å². The molecule has 17 nitrogen and oxygen atoms in total. The van der Waals surface area contributed by atoms with E-state index in [1.54, 1.807) is 36.4 Å². The highest BCUT2D eigenvalue weighted by molar-refractivity contribution is 7.61. The van der Waals surface area contributed by atoms with E-state index in [-0.39, 0.29) is 30.1 Å². The van der Waals surface area contributed by atoms with Gasteiger partial charge in [0.25, 0.3) is 5.56 Å². The van der Waals surface area contributed by atoms with Crippen LogP contribution in [0.25, 0.3) is 0 Å². The van der Waals surface area contributed by atoms with Gasteiger partial charge in [-0.1, -0.05) is 102 Å². The van der Waals surface area contributed by atoms with Crippen LogP contribution in [0.1, 0.15) is 120 Å². The van der Waals surface area contributed by atoms with Crippen LogP contribution in [0.3, 0.4) is 0 Å². The van der Waals surface area contributed by atoms with Crippen molar-refractivity contribution in [1.29, 1.82) is 0 Å². The Kier molecular flexibility index (Phi) is 21.5. The number of nitrogens with one attached hydrogen (secondary N) is 1. The van der Waals surface area contributed by atoms with E-state index in [4.69, 9.17) is 32.1 Å². The molecule has 2 aromatic carbocycles. The maximum absolute atomic E-state index is 13.9. The third-order valence-corrected chi connectivity index (χ3v) is 12.1. The van der Waals surface area contributed by atoms with Crippen LogP contribution in [0, 0.1) is 6.92 Å². The number of phosphoric acid groups is 2. The summed E-state index contributed by atoms with van der Waals surface area (Å²) >= 11 is 0. The molecule has 1 aliphatic heterocycles. The van der Waals surface area contributed by atoms with Crippen LogP contribution >= 0.6 is 15.6 Å². The number of benzene rings is 2. The third-order valence-electron chi connectivity index (χ3n) is 9.14. The fourth-order valence-electron chi connectivity index (χ4n) is 5.80. The van der Waals surface area contributed by atoms with Crippen molar-refractivity contribution < 1.29 is 55.7 Å². The van der Waals surface area contributed by atoms with Gasteiger partial charge in [-0.2, -0.15) is 4.31 Å². The number of carbonyl (C=O) groups excluding carboxylic acids is 2. The first-order chi connectivity index (χ1) is 28.3. The molecule has 19 heteroatoms. The van der Waals surface area contributed by atoms with E-state index in [0.29, 0.717) is 35.5 Å². The molecule has 0 aliphatic carbocycles. The molecule has 60 heavy (non-hydrogen) atoms. The molecule has 0 bridgehead atoms. The Hall–Kier alpha value is -4.02. The fourth-order valence-corrected chi connectivity index (χ4v) is 8.40. The zero-order chi connectivity index (χ0) is 42.7. The molecule has 1 aromatic heterocycles. The van der Waals surface area contributed by atoms with E-state index in [0.717, 1.165) is 36.7 Å². The van der Waals surface area contributed by atoms with Gasteiger partial charge in [0.1, 0.15) is 17.6 Å². The van der Waals surface area contributed by atoms with Crippen LogP contribution in [-0.2, 0) is 54.6 Å². The van der Waals surface area contributed by atoms with Gasteiger partial charge in [-0.3, -0.25) is 37.5 Å². The van der Waals surface area contributed by atoms with Crippen LogP contribution in [-0.4, -0.2) is 39.1 Å². The predicted octanol–water partition coefficient (Wildman–Crippen LogP) is 9.06. The van der Waals surface area contributed by atoms with E-state index in [9.17, 15) is 33.2 Å². The molecule has 0 radical (unpaired) electrons. The van der Waals surface area contributed by atoms with E-state index < -0.39 is 59.0 Å². The summed E-state index contributed by atoms with van der Waals surface area (Å²) in [4.78, 5) is 61.3. The predicted molar refractivity (Wildman–Crippen MR) is 224 cm³/mol. The van der Waals surface area contributed by atoms with Crippen molar-refractivity contribution in [3.63, 3.8) is 0 Å². The number of unbranched alkanes of at least 4 members (excludes halogenated alkanes) is 9.